The number of carbonyl (C=O) groups excluding carboxylic acids is 1. The van der Waals surface area contributed by atoms with Crippen molar-refractivity contribution in [1.29, 1.82) is 5.41 Å². The SMILES string of the molecule is N=CCCCC=O. The minimum Gasteiger partial charge on any atom is -0.313 e. The number of carbonyl (C=O) groups is 1. The van der Waals surface area contributed by atoms with E-state index in [1.54, 1.807) is 0 Å². The normalized spacial score (nSPS) is 8.00. The molecule has 2 heteroatoms. The van der Waals surface area contributed by atoms with E-state index in [-0.39, 0.29) is 0 Å². The third-order valence-corrected chi connectivity index (χ3v) is 0.670. The lowest BCUT2D eigenvalue weighted by atomic mass is 10.3. The molecule has 0 radical (unpaired) electrons. The molecule has 0 aromatic carbocycles. The molecule has 2 nitrogen and oxygen atoms in total. The van der Waals surface area contributed by atoms with Crippen LogP contribution >= 0.6 is 0 Å². The average Bonchev–Trinajstić information content (AvgIpc) is 1.69. The van der Waals surface area contributed by atoms with Crippen molar-refractivity contribution in [1.82, 2.24) is 0 Å². The van der Waals surface area contributed by atoms with Gasteiger partial charge in [-0.2, -0.15) is 0 Å². The summed E-state index contributed by atoms with van der Waals surface area (Å²) in [6.45, 7) is 0. The smallest absolute Gasteiger partial charge is 0.120 e. The first-order valence-corrected chi connectivity index (χ1v) is 2.34. The first kappa shape index (κ1) is 6.34. The van der Waals surface area contributed by atoms with Crippen LogP contribution in [0.25, 0.3) is 0 Å². The molecule has 0 fully saturated rings. The zero-order chi connectivity index (χ0) is 5.54. The fourth-order valence-corrected chi connectivity index (χ4v) is 0.303. The highest BCUT2D eigenvalue weighted by Gasteiger charge is 1.78. The van der Waals surface area contributed by atoms with E-state index in [9.17, 15) is 4.79 Å². The predicted octanol–water partition coefficient (Wildman–Crippen LogP) is 1.01. The summed E-state index contributed by atoms with van der Waals surface area (Å²) in [5.74, 6) is 0. The molecular formula is C5H9NO. The Morgan fingerprint density at radius 1 is 1.43 bits per heavy atom. The molecule has 0 aromatic rings. The molecule has 1 N–H and O–H groups in total. The summed E-state index contributed by atoms with van der Waals surface area (Å²) < 4.78 is 0. The lowest BCUT2D eigenvalue weighted by molar-refractivity contribution is -0.107. The average molecular weight is 99.1 g/mol. The van der Waals surface area contributed by atoms with Crippen LogP contribution in [0.15, 0.2) is 0 Å². The Hall–Kier alpha value is -0.660. The molecule has 0 atom stereocenters. The fourth-order valence-electron chi connectivity index (χ4n) is 0.303. The van der Waals surface area contributed by atoms with Crippen LogP contribution in [0.2, 0.25) is 0 Å². The van der Waals surface area contributed by atoms with E-state index in [0.29, 0.717) is 6.42 Å². The largest absolute Gasteiger partial charge is 0.313 e. The van der Waals surface area contributed by atoms with Crippen LogP contribution < -0.4 is 0 Å². The van der Waals surface area contributed by atoms with Gasteiger partial charge in [0.05, 0.1) is 0 Å². The van der Waals surface area contributed by atoms with Gasteiger partial charge in [-0.15, -0.1) is 0 Å². The van der Waals surface area contributed by atoms with Gasteiger partial charge in [0, 0.05) is 6.42 Å². The van der Waals surface area contributed by atoms with Crippen molar-refractivity contribution in [3.05, 3.63) is 0 Å². The lowest BCUT2D eigenvalue weighted by Gasteiger charge is -1.80. The maximum absolute atomic E-state index is 9.60. The number of aldehydes is 1. The first-order valence-electron chi connectivity index (χ1n) is 2.34. The number of rotatable bonds is 4. The molecule has 7 heavy (non-hydrogen) atoms. The van der Waals surface area contributed by atoms with Crippen LogP contribution in [0.4, 0.5) is 0 Å². The maximum Gasteiger partial charge on any atom is 0.120 e. The van der Waals surface area contributed by atoms with Gasteiger partial charge in [0.1, 0.15) is 6.29 Å². The molecule has 0 aromatic heterocycles. The Balaban J connectivity index is 2.68. The quantitative estimate of drug-likeness (QED) is 0.319. The van der Waals surface area contributed by atoms with Crippen molar-refractivity contribution < 1.29 is 4.79 Å². The van der Waals surface area contributed by atoms with Crippen LogP contribution in [0.5, 0.6) is 0 Å². The Morgan fingerprint density at radius 2 is 2.14 bits per heavy atom. The highest BCUT2D eigenvalue weighted by molar-refractivity contribution is 5.55. The van der Waals surface area contributed by atoms with Crippen molar-refractivity contribution in [2.75, 3.05) is 0 Å². The molecule has 0 unspecified atom stereocenters. The van der Waals surface area contributed by atoms with Crippen LogP contribution in [0.1, 0.15) is 19.3 Å². The van der Waals surface area contributed by atoms with Gasteiger partial charge in [-0.1, -0.05) is 0 Å². The topological polar surface area (TPSA) is 40.9 Å². The van der Waals surface area contributed by atoms with Gasteiger partial charge in [0.2, 0.25) is 0 Å². The Morgan fingerprint density at radius 3 is 2.57 bits per heavy atom. The van der Waals surface area contributed by atoms with Crippen molar-refractivity contribution in [2.45, 2.75) is 19.3 Å². The molecular weight excluding hydrogens is 90.1 g/mol. The highest BCUT2D eigenvalue weighted by atomic mass is 16.1. The van der Waals surface area contributed by atoms with Crippen LogP contribution in [-0.4, -0.2) is 12.5 Å². The second kappa shape index (κ2) is 5.34. The minimum absolute atomic E-state index is 0.593. The summed E-state index contributed by atoms with van der Waals surface area (Å²) in [5, 5.41) is 6.54. The van der Waals surface area contributed by atoms with Gasteiger partial charge in [-0.05, 0) is 19.1 Å². The lowest BCUT2D eigenvalue weighted by Crippen LogP contribution is -1.75. The number of nitrogens with one attached hydrogen (secondary N) is 1. The van der Waals surface area contributed by atoms with Crippen molar-refractivity contribution in [3.8, 4) is 0 Å². The molecule has 40 valence electrons. The Bertz CT molecular complexity index is 53.1. The third kappa shape index (κ3) is 5.34. The number of hydrogen-bond acceptors (Lipinski definition) is 2. The van der Waals surface area contributed by atoms with Gasteiger partial charge in [0.25, 0.3) is 0 Å². The minimum atomic E-state index is 0.593. The molecule has 0 aliphatic rings. The summed E-state index contributed by atoms with van der Waals surface area (Å²) in [6, 6.07) is 0. The van der Waals surface area contributed by atoms with Crippen molar-refractivity contribution in [3.63, 3.8) is 0 Å². The van der Waals surface area contributed by atoms with Crippen LogP contribution in [0.3, 0.4) is 0 Å². The maximum atomic E-state index is 9.60. The molecule has 0 bridgehead atoms. The number of hydrogen-bond donors (Lipinski definition) is 1. The monoisotopic (exact) mass is 99.1 g/mol. The van der Waals surface area contributed by atoms with Gasteiger partial charge in [0.15, 0.2) is 0 Å². The molecule has 0 saturated carbocycles. The summed E-state index contributed by atoms with van der Waals surface area (Å²) in [5.41, 5.74) is 0. The molecule has 0 spiro atoms. The van der Waals surface area contributed by atoms with Gasteiger partial charge in [-0.3, -0.25) is 0 Å². The summed E-state index contributed by atoms with van der Waals surface area (Å²) >= 11 is 0. The van der Waals surface area contributed by atoms with Crippen LogP contribution in [-0.2, 0) is 4.79 Å². The van der Waals surface area contributed by atoms with E-state index in [1.807, 2.05) is 0 Å². The standard InChI is InChI=1S/C5H9NO/c6-4-2-1-3-5-7/h4-6H,1-3H2. The highest BCUT2D eigenvalue weighted by Crippen LogP contribution is 1.85. The second-order valence-corrected chi connectivity index (χ2v) is 1.30. The van der Waals surface area contributed by atoms with Gasteiger partial charge in [-0.25, -0.2) is 0 Å². The fraction of sp³-hybridized carbons (Fsp3) is 0.600. The number of unbranched alkanes of at least 4 members (excludes halogenated alkanes) is 2. The summed E-state index contributed by atoms with van der Waals surface area (Å²) in [7, 11) is 0. The van der Waals surface area contributed by atoms with Gasteiger partial charge < -0.3 is 10.2 Å². The predicted molar refractivity (Wildman–Crippen MR) is 28.7 cm³/mol. The van der Waals surface area contributed by atoms with Crippen LogP contribution in [0, 0.1) is 5.41 Å². The van der Waals surface area contributed by atoms with E-state index in [1.165, 1.54) is 6.21 Å². The molecule has 0 rings (SSSR count). The molecule has 0 saturated heterocycles. The van der Waals surface area contributed by atoms with E-state index in [2.05, 4.69) is 0 Å². The third-order valence-electron chi connectivity index (χ3n) is 0.670. The van der Waals surface area contributed by atoms with Gasteiger partial charge >= 0.3 is 0 Å². The molecule has 0 aliphatic heterocycles. The Labute approximate surface area is 43.0 Å². The van der Waals surface area contributed by atoms with E-state index in [4.69, 9.17) is 5.41 Å². The zero-order valence-corrected chi connectivity index (χ0v) is 4.18. The molecule has 0 amide bonds. The summed E-state index contributed by atoms with van der Waals surface area (Å²) in [4.78, 5) is 9.60. The van der Waals surface area contributed by atoms with E-state index < -0.39 is 0 Å². The first-order chi connectivity index (χ1) is 3.41. The van der Waals surface area contributed by atoms with E-state index in [0.717, 1.165) is 19.1 Å². The Kier molecular flexibility index (Phi) is 4.84. The second-order valence-electron chi connectivity index (χ2n) is 1.30. The zero-order valence-electron chi connectivity index (χ0n) is 4.18. The molecule has 0 aliphatic carbocycles. The summed E-state index contributed by atoms with van der Waals surface area (Å²) in [6.07, 6.45) is 4.36. The van der Waals surface area contributed by atoms with Crippen molar-refractivity contribution >= 4 is 12.5 Å². The van der Waals surface area contributed by atoms with Crippen molar-refractivity contribution in [2.24, 2.45) is 0 Å². The molecule has 0 heterocycles. The van der Waals surface area contributed by atoms with E-state index >= 15 is 0 Å².